The zero-order valence-electron chi connectivity index (χ0n) is 10.8. The number of benzene rings is 2. The first-order chi connectivity index (χ1) is 9.15. The summed E-state index contributed by atoms with van der Waals surface area (Å²) < 4.78 is 5.37. The monoisotopic (exact) mass is 277 g/mol. The van der Waals surface area contributed by atoms with Gasteiger partial charge in [0.15, 0.2) is 5.43 Å². The van der Waals surface area contributed by atoms with E-state index in [0.717, 1.165) is 0 Å². The van der Waals surface area contributed by atoms with Crippen LogP contribution in [-0.2, 0) is 0 Å². The van der Waals surface area contributed by atoms with Crippen molar-refractivity contribution in [2.45, 2.75) is 0 Å². The maximum atomic E-state index is 12.3. The molecule has 0 aliphatic rings. The third-order valence-corrected chi connectivity index (χ3v) is 2.94. The first-order valence-corrected chi connectivity index (χ1v) is 5.69. The fourth-order valence-electron chi connectivity index (χ4n) is 1.96. The smallest absolute Gasteiger partial charge is 0.508 e. The Labute approximate surface area is 136 Å². The van der Waals surface area contributed by atoms with Crippen molar-refractivity contribution in [3.8, 4) is 22.6 Å². The molecule has 5 heteroatoms. The topological polar surface area (TPSA) is 70.7 Å². The second-order valence-electron chi connectivity index (χ2n) is 4.21. The fourth-order valence-corrected chi connectivity index (χ4v) is 1.96. The third-order valence-electron chi connectivity index (χ3n) is 2.94. The second kappa shape index (κ2) is 5.71. The molecule has 20 heavy (non-hydrogen) atoms. The van der Waals surface area contributed by atoms with E-state index < -0.39 is 0 Å². The van der Waals surface area contributed by atoms with Crippen molar-refractivity contribution < 1.29 is 44.2 Å². The zero-order chi connectivity index (χ0) is 13.4. The van der Waals surface area contributed by atoms with Gasteiger partial charge in [-0.2, -0.15) is 0 Å². The van der Waals surface area contributed by atoms with Crippen molar-refractivity contribution >= 4 is 11.0 Å². The number of hydrogen-bond donors (Lipinski definition) is 2. The molecule has 0 radical (unpaired) electrons. The summed E-state index contributed by atoms with van der Waals surface area (Å²) in [7, 11) is 0. The molecule has 0 aliphatic carbocycles. The van der Waals surface area contributed by atoms with Crippen LogP contribution in [0.1, 0.15) is 0 Å². The largest absolute Gasteiger partial charge is 1.00 e. The molecule has 1 heterocycles. The van der Waals surface area contributed by atoms with Gasteiger partial charge in [0.05, 0.1) is 10.9 Å². The van der Waals surface area contributed by atoms with Crippen molar-refractivity contribution in [3.63, 3.8) is 0 Å². The molecule has 3 rings (SSSR count). The van der Waals surface area contributed by atoms with Gasteiger partial charge >= 0.3 is 29.6 Å². The predicted molar refractivity (Wildman–Crippen MR) is 71.2 cm³/mol. The van der Waals surface area contributed by atoms with Crippen molar-refractivity contribution in [1.82, 2.24) is 0 Å². The molecule has 0 saturated heterocycles. The van der Waals surface area contributed by atoms with Crippen LogP contribution in [-0.4, -0.2) is 10.2 Å². The first kappa shape index (κ1) is 14.7. The fraction of sp³-hybridized carbons (Fsp3) is 0. The van der Waals surface area contributed by atoms with Crippen LogP contribution in [0.25, 0.3) is 22.1 Å². The zero-order valence-corrected chi connectivity index (χ0v) is 12.8. The standard InChI is InChI=1S/C15H10O4.Na/c16-10-3-1-9(2-4-10)13-8-19-14-7-11(17)5-6-12(14)15(13)18;/h1-8,16-17H;/q;+1. The third kappa shape index (κ3) is 2.58. The molecule has 94 valence electrons. The summed E-state index contributed by atoms with van der Waals surface area (Å²) in [5, 5.41) is 19.0. The molecule has 0 bridgehead atoms. The van der Waals surface area contributed by atoms with E-state index in [1.54, 1.807) is 12.1 Å². The van der Waals surface area contributed by atoms with Gasteiger partial charge in [0.2, 0.25) is 0 Å². The summed E-state index contributed by atoms with van der Waals surface area (Å²) in [5.41, 5.74) is 1.25. The van der Waals surface area contributed by atoms with Crippen LogP contribution in [0.4, 0.5) is 0 Å². The normalized spacial score (nSPS) is 10.2. The Kier molecular flexibility index (Phi) is 4.18. The molecule has 4 nitrogen and oxygen atoms in total. The molecule has 0 amide bonds. The SMILES string of the molecule is O=c1c(-c2ccc(O)cc2)coc2cc(O)ccc12.[Na+]. The summed E-state index contributed by atoms with van der Waals surface area (Å²) in [5.74, 6) is 0.187. The van der Waals surface area contributed by atoms with E-state index >= 15 is 0 Å². The van der Waals surface area contributed by atoms with Crippen LogP contribution in [0.5, 0.6) is 11.5 Å². The molecule has 2 aromatic carbocycles. The molecule has 0 fully saturated rings. The van der Waals surface area contributed by atoms with Gasteiger partial charge in [-0.3, -0.25) is 4.79 Å². The number of phenolic OH excluding ortho intramolecular Hbond substituents is 2. The first-order valence-electron chi connectivity index (χ1n) is 5.69. The van der Waals surface area contributed by atoms with Crippen molar-refractivity contribution in [1.29, 1.82) is 0 Å². The maximum Gasteiger partial charge on any atom is 1.00 e. The molecule has 0 spiro atoms. The molecule has 0 unspecified atom stereocenters. The summed E-state index contributed by atoms with van der Waals surface area (Å²) in [6, 6.07) is 10.7. The van der Waals surface area contributed by atoms with Gasteiger partial charge in [-0.25, -0.2) is 0 Å². The van der Waals surface area contributed by atoms with Crippen LogP contribution >= 0.6 is 0 Å². The van der Waals surface area contributed by atoms with Gasteiger partial charge in [-0.1, -0.05) is 12.1 Å². The van der Waals surface area contributed by atoms with Crippen molar-refractivity contribution in [3.05, 3.63) is 59.0 Å². The molecular formula is C15H10NaO4+. The number of aromatic hydroxyl groups is 2. The average Bonchev–Trinajstić information content (AvgIpc) is 2.40. The average molecular weight is 277 g/mol. The number of hydrogen-bond acceptors (Lipinski definition) is 4. The van der Waals surface area contributed by atoms with Crippen LogP contribution < -0.4 is 35.0 Å². The molecule has 0 atom stereocenters. The number of fused-ring (bicyclic) bond motifs is 1. The van der Waals surface area contributed by atoms with Crippen LogP contribution in [0.2, 0.25) is 0 Å². The van der Waals surface area contributed by atoms with Gasteiger partial charge in [0.25, 0.3) is 0 Å². The Morgan fingerprint density at radius 3 is 2.25 bits per heavy atom. The Morgan fingerprint density at radius 1 is 0.900 bits per heavy atom. The van der Waals surface area contributed by atoms with Gasteiger partial charge in [0, 0.05) is 6.07 Å². The summed E-state index contributed by atoms with van der Waals surface area (Å²) in [6.07, 6.45) is 1.36. The van der Waals surface area contributed by atoms with E-state index in [4.69, 9.17) is 4.42 Å². The van der Waals surface area contributed by atoms with Crippen LogP contribution in [0.3, 0.4) is 0 Å². The van der Waals surface area contributed by atoms with Crippen molar-refractivity contribution in [2.75, 3.05) is 0 Å². The Morgan fingerprint density at radius 2 is 1.55 bits per heavy atom. The van der Waals surface area contributed by atoms with E-state index in [1.165, 1.54) is 36.6 Å². The Balaban J connectivity index is 0.00000147. The maximum absolute atomic E-state index is 12.3. The number of rotatable bonds is 1. The van der Waals surface area contributed by atoms with Gasteiger partial charge in [0.1, 0.15) is 23.3 Å². The minimum Gasteiger partial charge on any atom is -0.508 e. The molecule has 0 saturated carbocycles. The molecule has 3 aromatic rings. The quantitative estimate of drug-likeness (QED) is 0.608. The van der Waals surface area contributed by atoms with Gasteiger partial charge in [-0.05, 0) is 29.8 Å². The summed E-state index contributed by atoms with van der Waals surface area (Å²) in [6.45, 7) is 0. The minimum atomic E-state index is -0.174. The predicted octanol–water partition coefficient (Wildman–Crippen LogP) is -0.125. The Hall–Kier alpha value is -1.75. The van der Waals surface area contributed by atoms with E-state index in [0.29, 0.717) is 22.1 Å². The van der Waals surface area contributed by atoms with Crippen LogP contribution in [0, 0.1) is 0 Å². The van der Waals surface area contributed by atoms with E-state index in [2.05, 4.69) is 0 Å². The van der Waals surface area contributed by atoms with Crippen molar-refractivity contribution in [2.24, 2.45) is 0 Å². The van der Waals surface area contributed by atoms with Gasteiger partial charge < -0.3 is 14.6 Å². The van der Waals surface area contributed by atoms with E-state index in [1.807, 2.05) is 0 Å². The molecule has 2 N–H and O–H groups in total. The van der Waals surface area contributed by atoms with E-state index in [-0.39, 0.29) is 46.5 Å². The summed E-state index contributed by atoms with van der Waals surface area (Å²) in [4.78, 5) is 12.3. The minimum absolute atomic E-state index is 0. The van der Waals surface area contributed by atoms with Crippen LogP contribution in [0.15, 0.2) is 57.9 Å². The Bertz CT molecular complexity index is 806. The number of phenols is 2. The molecule has 0 aliphatic heterocycles. The molecule has 1 aromatic heterocycles. The van der Waals surface area contributed by atoms with E-state index in [9.17, 15) is 15.0 Å². The summed E-state index contributed by atoms with van der Waals surface area (Å²) >= 11 is 0. The molecular weight excluding hydrogens is 267 g/mol. The second-order valence-corrected chi connectivity index (χ2v) is 4.21. The van der Waals surface area contributed by atoms with Gasteiger partial charge in [-0.15, -0.1) is 0 Å².